The van der Waals surface area contributed by atoms with Gasteiger partial charge in [0.05, 0.1) is 6.10 Å². The molecule has 1 atom stereocenters. The van der Waals surface area contributed by atoms with Crippen LogP contribution in [0.15, 0.2) is 42.5 Å². The number of anilines is 1. The topological polar surface area (TPSA) is 76.7 Å². The molecule has 6 heteroatoms. The van der Waals surface area contributed by atoms with Crippen LogP contribution in [0, 0.1) is 6.92 Å². The zero-order chi connectivity index (χ0) is 21.5. The summed E-state index contributed by atoms with van der Waals surface area (Å²) < 4.78 is 11.3. The van der Waals surface area contributed by atoms with Crippen molar-refractivity contribution in [1.82, 2.24) is 5.32 Å². The van der Waals surface area contributed by atoms with E-state index in [-0.39, 0.29) is 24.5 Å². The Hall–Kier alpha value is -2.86. The third-order valence-electron chi connectivity index (χ3n) is 5.09. The van der Waals surface area contributed by atoms with Crippen molar-refractivity contribution >= 4 is 17.5 Å². The van der Waals surface area contributed by atoms with Gasteiger partial charge < -0.3 is 20.1 Å². The van der Waals surface area contributed by atoms with Crippen molar-refractivity contribution in [2.24, 2.45) is 0 Å². The maximum absolute atomic E-state index is 12.3. The minimum atomic E-state index is -0.248. The van der Waals surface area contributed by atoms with Crippen LogP contribution in [0.4, 0.5) is 5.69 Å². The average molecular weight is 411 g/mol. The number of benzene rings is 2. The molecule has 0 radical (unpaired) electrons. The van der Waals surface area contributed by atoms with E-state index in [9.17, 15) is 9.59 Å². The summed E-state index contributed by atoms with van der Waals surface area (Å²) in [6, 6.07) is 12.8. The maximum atomic E-state index is 12.3. The molecule has 1 fully saturated rings. The first kappa shape index (κ1) is 21.8. The van der Waals surface area contributed by atoms with Crippen molar-refractivity contribution in [2.45, 2.75) is 45.6 Å². The van der Waals surface area contributed by atoms with Gasteiger partial charge in [-0.25, -0.2) is 0 Å². The predicted molar refractivity (Wildman–Crippen MR) is 117 cm³/mol. The molecule has 6 nitrogen and oxygen atoms in total. The number of nitrogens with one attached hydrogen (secondary N) is 2. The molecule has 1 aliphatic rings. The van der Waals surface area contributed by atoms with Crippen LogP contribution in [0.1, 0.15) is 54.1 Å². The summed E-state index contributed by atoms with van der Waals surface area (Å²) in [6.07, 6.45) is 2.13. The molecular weight excluding hydrogens is 380 g/mol. The first-order chi connectivity index (χ1) is 14.4. The molecule has 1 unspecified atom stereocenters. The molecule has 1 saturated heterocycles. The second-order valence-corrected chi connectivity index (χ2v) is 7.96. The lowest BCUT2D eigenvalue weighted by molar-refractivity contribution is -0.118. The van der Waals surface area contributed by atoms with Gasteiger partial charge in [-0.2, -0.15) is 0 Å². The molecule has 0 aromatic heterocycles. The molecule has 0 bridgehead atoms. The van der Waals surface area contributed by atoms with Crippen LogP contribution in [0.3, 0.4) is 0 Å². The second-order valence-electron chi connectivity index (χ2n) is 7.96. The van der Waals surface area contributed by atoms with E-state index in [2.05, 4.69) is 24.5 Å². The maximum Gasteiger partial charge on any atom is 0.262 e. The summed E-state index contributed by atoms with van der Waals surface area (Å²) in [4.78, 5) is 24.5. The van der Waals surface area contributed by atoms with E-state index >= 15 is 0 Å². The van der Waals surface area contributed by atoms with Gasteiger partial charge in [-0.15, -0.1) is 0 Å². The summed E-state index contributed by atoms with van der Waals surface area (Å²) in [5.74, 6) is 0.648. The summed E-state index contributed by atoms with van der Waals surface area (Å²) >= 11 is 0. The standard InChI is InChI=1S/C24H30N2O4/c1-16(2)21-11-6-17(3)13-22(21)30-15-23(27)26-19-9-7-18(8-10-19)24(28)25-14-20-5-4-12-29-20/h6-11,13,16,20H,4-5,12,14-15H2,1-3H3,(H,25,28)(H,26,27). The number of hydrogen-bond acceptors (Lipinski definition) is 4. The molecule has 3 rings (SSSR count). The molecule has 0 spiro atoms. The summed E-state index contributed by atoms with van der Waals surface area (Å²) in [5, 5.41) is 5.69. The Bertz CT molecular complexity index is 871. The minimum Gasteiger partial charge on any atom is -0.483 e. The van der Waals surface area contributed by atoms with Gasteiger partial charge in [0.1, 0.15) is 5.75 Å². The van der Waals surface area contributed by atoms with Crippen molar-refractivity contribution in [3.8, 4) is 5.75 Å². The van der Waals surface area contributed by atoms with Crippen molar-refractivity contribution in [3.05, 3.63) is 59.2 Å². The van der Waals surface area contributed by atoms with Crippen LogP contribution in [-0.2, 0) is 9.53 Å². The van der Waals surface area contributed by atoms with E-state index in [4.69, 9.17) is 9.47 Å². The third kappa shape index (κ3) is 6.07. The molecule has 2 aromatic rings. The molecular formula is C24H30N2O4. The molecule has 1 aliphatic heterocycles. The highest BCUT2D eigenvalue weighted by atomic mass is 16.5. The summed E-state index contributed by atoms with van der Waals surface area (Å²) in [5.41, 5.74) is 3.33. The number of ether oxygens (including phenoxy) is 2. The fourth-order valence-corrected chi connectivity index (χ4v) is 3.40. The number of carbonyl (C=O) groups is 2. The zero-order valence-corrected chi connectivity index (χ0v) is 17.9. The molecule has 30 heavy (non-hydrogen) atoms. The molecule has 1 heterocycles. The summed E-state index contributed by atoms with van der Waals surface area (Å²) in [6.45, 7) is 7.39. The van der Waals surface area contributed by atoms with Crippen molar-refractivity contribution in [3.63, 3.8) is 0 Å². The normalized spacial score (nSPS) is 15.8. The highest BCUT2D eigenvalue weighted by Crippen LogP contribution is 2.27. The van der Waals surface area contributed by atoms with E-state index in [0.717, 1.165) is 36.3 Å². The van der Waals surface area contributed by atoms with Gasteiger partial charge in [-0.1, -0.05) is 26.0 Å². The van der Waals surface area contributed by atoms with Gasteiger partial charge in [-0.05, 0) is 67.1 Å². The van der Waals surface area contributed by atoms with Gasteiger partial charge in [-0.3, -0.25) is 9.59 Å². The number of carbonyl (C=O) groups excluding carboxylic acids is 2. The molecule has 2 amide bonds. The van der Waals surface area contributed by atoms with Crippen LogP contribution < -0.4 is 15.4 Å². The number of aryl methyl sites for hydroxylation is 1. The average Bonchev–Trinajstić information content (AvgIpc) is 3.24. The molecule has 0 aliphatic carbocycles. The first-order valence-electron chi connectivity index (χ1n) is 10.5. The third-order valence-corrected chi connectivity index (χ3v) is 5.09. The SMILES string of the molecule is Cc1ccc(C(C)C)c(OCC(=O)Nc2ccc(C(=O)NCC3CCCO3)cc2)c1. The fraction of sp³-hybridized carbons (Fsp3) is 0.417. The lowest BCUT2D eigenvalue weighted by Crippen LogP contribution is -2.31. The van der Waals surface area contributed by atoms with E-state index in [1.807, 2.05) is 25.1 Å². The lowest BCUT2D eigenvalue weighted by Gasteiger charge is -2.15. The van der Waals surface area contributed by atoms with Crippen LogP contribution >= 0.6 is 0 Å². The fourth-order valence-electron chi connectivity index (χ4n) is 3.40. The van der Waals surface area contributed by atoms with E-state index < -0.39 is 0 Å². The Labute approximate surface area is 178 Å². The Kier molecular flexibility index (Phi) is 7.46. The van der Waals surface area contributed by atoms with Crippen LogP contribution in [0.5, 0.6) is 5.75 Å². The number of rotatable bonds is 8. The number of amides is 2. The molecule has 2 N–H and O–H groups in total. The monoisotopic (exact) mass is 410 g/mol. The van der Waals surface area contributed by atoms with Gasteiger partial charge in [0.15, 0.2) is 6.61 Å². The molecule has 160 valence electrons. The van der Waals surface area contributed by atoms with E-state index in [1.165, 1.54) is 0 Å². The molecule has 2 aromatic carbocycles. The zero-order valence-electron chi connectivity index (χ0n) is 17.9. The van der Waals surface area contributed by atoms with Gasteiger partial charge >= 0.3 is 0 Å². The lowest BCUT2D eigenvalue weighted by atomic mass is 10.0. The highest BCUT2D eigenvalue weighted by Gasteiger charge is 2.17. The minimum absolute atomic E-state index is 0.0766. The predicted octanol–water partition coefficient (Wildman–Crippen LogP) is 4.04. The molecule has 0 saturated carbocycles. The van der Waals surface area contributed by atoms with Crippen molar-refractivity contribution in [2.75, 3.05) is 25.1 Å². The van der Waals surface area contributed by atoms with Gasteiger partial charge in [0.25, 0.3) is 11.8 Å². The Morgan fingerprint density at radius 1 is 1.17 bits per heavy atom. The smallest absolute Gasteiger partial charge is 0.262 e. The Balaban J connectivity index is 1.50. The second kappa shape index (κ2) is 10.3. The van der Waals surface area contributed by atoms with Crippen LogP contribution in [-0.4, -0.2) is 37.7 Å². The van der Waals surface area contributed by atoms with Crippen LogP contribution in [0.25, 0.3) is 0 Å². The largest absolute Gasteiger partial charge is 0.483 e. The van der Waals surface area contributed by atoms with Crippen LogP contribution in [0.2, 0.25) is 0 Å². The number of hydrogen-bond donors (Lipinski definition) is 2. The highest BCUT2D eigenvalue weighted by molar-refractivity contribution is 5.96. The quantitative estimate of drug-likeness (QED) is 0.688. The Morgan fingerprint density at radius 2 is 1.93 bits per heavy atom. The first-order valence-corrected chi connectivity index (χ1v) is 10.5. The summed E-state index contributed by atoms with van der Waals surface area (Å²) in [7, 11) is 0. The Morgan fingerprint density at radius 3 is 2.60 bits per heavy atom. The van der Waals surface area contributed by atoms with Gasteiger partial charge in [0, 0.05) is 24.4 Å². The van der Waals surface area contributed by atoms with Gasteiger partial charge in [0.2, 0.25) is 0 Å². The van der Waals surface area contributed by atoms with Crippen molar-refractivity contribution < 1.29 is 19.1 Å². The van der Waals surface area contributed by atoms with E-state index in [1.54, 1.807) is 24.3 Å². The van der Waals surface area contributed by atoms with E-state index in [0.29, 0.717) is 23.7 Å². The van der Waals surface area contributed by atoms with Crippen molar-refractivity contribution in [1.29, 1.82) is 0 Å².